The van der Waals surface area contributed by atoms with Crippen LogP contribution in [0, 0.1) is 0 Å². The second-order valence-corrected chi connectivity index (χ2v) is 6.44. The third-order valence-electron chi connectivity index (χ3n) is 3.01. The van der Waals surface area contributed by atoms with Crippen molar-refractivity contribution in [3.05, 3.63) is 24.3 Å². The lowest BCUT2D eigenvalue weighted by Gasteiger charge is -2.13. The fraction of sp³-hybridized carbons (Fsp3) is 0.500. The van der Waals surface area contributed by atoms with E-state index in [4.69, 9.17) is 0 Å². The highest BCUT2D eigenvalue weighted by Gasteiger charge is 2.14. The van der Waals surface area contributed by atoms with E-state index >= 15 is 0 Å². The molecule has 0 bridgehead atoms. The molecule has 1 aromatic carbocycles. The molecule has 0 heterocycles. The highest BCUT2D eigenvalue weighted by Crippen LogP contribution is 2.22. The van der Waals surface area contributed by atoms with Crippen LogP contribution in [0.4, 0.5) is 5.69 Å². The molecular weight excluding hydrogens is 222 g/mol. The van der Waals surface area contributed by atoms with Crippen molar-refractivity contribution in [1.29, 1.82) is 0 Å². The average Bonchev–Trinajstić information content (AvgIpc) is 2.70. The van der Waals surface area contributed by atoms with E-state index < -0.39 is 9.84 Å². The molecule has 0 radical (unpaired) electrons. The van der Waals surface area contributed by atoms with Gasteiger partial charge in [0, 0.05) is 18.0 Å². The van der Waals surface area contributed by atoms with Crippen LogP contribution in [-0.2, 0) is 9.84 Å². The predicted octanol–water partition coefficient (Wildman–Crippen LogP) is 2.44. The monoisotopic (exact) mass is 239 g/mol. The molecule has 1 aliphatic carbocycles. The van der Waals surface area contributed by atoms with Crippen molar-refractivity contribution >= 4 is 15.5 Å². The maximum absolute atomic E-state index is 11.3. The highest BCUT2D eigenvalue weighted by molar-refractivity contribution is 7.90. The number of rotatable bonds is 3. The molecule has 1 aliphatic rings. The van der Waals surface area contributed by atoms with E-state index in [0.717, 1.165) is 5.69 Å². The molecule has 1 saturated carbocycles. The number of sulfone groups is 1. The number of hydrogen-bond acceptors (Lipinski definition) is 3. The van der Waals surface area contributed by atoms with Gasteiger partial charge in [0.25, 0.3) is 0 Å². The number of hydrogen-bond donors (Lipinski definition) is 1. The molecule has 0 aliphatic heterocycles. The molecule has 16 heavy (non-hydrogen) atoms. The highest BCUT2D eigenvalue weighted by atomic mass is 32.2. The topological polar surface area (TPSA) is 46.2 Å². The van der Waals surface area contributed by atoms with Crippen LogP contribution < -0.4 is 5.32 Å². The van der Waals surface area contributed by atoms with Gasteiger partial charge in [-0.2, -0.15) is 0 Å². The Labute approximate surface area is 96.8 Å². The zero-order valence-corrected chi connectivity index (χ0v) is 10.3. The summed E-state index contributed by atoms with van der Waals surface area (Å²) in [5, 5.41) is 3.42. The van der Waals surface area contributed by atoms with E-state index in [0.29, 0.717) is 10.9 Å². The second kappa shape index (κ2) is 4.45. The molecule has 0 aromatic heterocycles. The van der Waals surface area contributed by atoms with Crippen LogP contribution in [0.25, 0.3) is 0 Å². The molecular formula is C12H17NO2S. The molecule has 1 N–H and O–H groups in total. The van der Waals surface area contributed by atoms with Gasteiger partial charge in [-0.25, -0.2) is 8.42 Å². The van der Waals surface area contributed by atoms with Gasteiger partial charge in [-0.1, -0.05) is 12.8 Å². The fourth-order valence-corrected chi connectivity index (χ4v) is 2.73. The maximum Gasteiger partial charge on any atom is 0.175 e. The van der Waals surface area contributed by atoms with Crippen LogP contribution in [0.3, 0.4) is 0 Å². The molecule has 0 unspecified atom stereocenters. The Morgan fingerprint density at radius 1 is 1.12 bits per heavy atom. The summed E-state index contributed by atoms with van der Waals surface area (Å²) in [5.74, 6) is 0. The smallest absolute Gasteiger partial charge is 0.175 e. The lowest BCUT2D eigenvalue weighted by molar-refractivity contribution is 0.602. The van der Waals surface area contributed by atoms with Gasteiger partial charge in [-0.3, -0.25) is 0 Å². The van der Waals surface area contributed by atoms with Crippen LogP contribution >= 0.6 is 0 Å². The Balaban J connectivity index is 2.07. The molecule has 0 atom stereocenters. The lowest BCUT2D eigenvalue weighted by Crippen LogP contribution is -2.14. The number of benzene rings is 1. The Kier molecular flexibility index (Phi) is 3.19. The molecule has 1 fully saturated rings. The van der Waals surface area contributed by atoms with Crippen molar-refractivity contribution < 1.29 is 8.42 Å². The molecule has 1 aromatic rings. The zero-order chi connectivity index (χ0) is 11.6. The van der Waals surface area contributed by atoms with Crippen molar-refractivity contribution in [2.75, 3.05) is 11.6 Å². The lowest BCUT2D eigenvalue weighted by atomic mass is 10.2. The van der Waals surface area contributed by atoms with E-state index in [9.17, 15) is 8.42 Å². The van der Waals surface area contributed by atoms with Gasteiger partial charge < -0.3 is 5.32 Å². The summed E-state index contributed by atoms with van der Waals surface area (Å²) in [5.41, 5.74) is 1.01. The van der Waals surface area contributed by atoms with E-state index in [1.54, 1.807) is 12.1 Å². The fourth-order valence-electron chi connectivity index (χ4n) is 2.10. The molecule has 0 saturated heterocycles. The molecule has 2 rings (SSSR count). The maximum atomic E-state index is 11.3. The van der Waals surface area contributed by atoms with Crippen LogP contribution in [-0.4, -0.2) is 20.7 Å². The van der Waals surface area contributed by atoms with E-state index in [-0.39, 0.29) is 0 Å². The summed E-state index contributed by atoms with van der Waals surface area (Å²) >= 11 is 0. The largest absolute Gasteiger partial charge is 0.382 e. The summed E-state index contributed by atoms with van der Waals surface area (Å²) < 4.78 is 22.5. The average molecular weight is 239 g/mol. The predicted molar refractivity (Wildman–Crippen MR) is 65.4 cm³/mol. The normalized spacial score (nSPS) is 17.6. The Morgan fingerprint density at radius 2 is 1.69 bits per heavy atom. The van der Waals surface area contributed by atoms with Gasteiger partial charge >= 0.3 is 0 Å². The Bertz CT molecular complexity index is 444. The first kappa shape index (κ1) is 11.5. The van der Waals surface area contributed by atoms with E-state index in [2.05, 4.69) is 5.32 Å². The summed E-state index contributed by atoms with van der Waals surface area (Å²) in [7, 11) is -3.07. The van der Waals surface area contributed by atoms with Gasteiger partial charge in [-0.05, 0) is 37.1 Å². The molecule has 88 valence electrons. The van der Waals surface area contributed by atoms with Crippen molar-refractivity contribution in [1.82, 2.24) is 0 Å². The Hall–Kier alpha value is -1.03. The molecule has 4 heteroatoms. The summed E-state index contributed by atoms with van der Waals surface area (Å²) in [6, 6.07) is 7.56. The number of nitrogens with one attached hydrogen (secondary N) is 1. The van der Waals surface area contributed by atoms with Crippen molar-refractivity contribution in [3.8, 4) is 0 Å². The van der Waals surface area contributed by atoms with E-state index in [1.807, 2.05) is 12.1 Å². The molecule has 0 spiro atoms. The third kappa shape index (κ3) is 2.76. The van der Waals surface area contributed by atoms with Crippen LogP contribution in [0.2, 0.25) is 0 Å². The van der Waals surface area contributed by atoms with Crippen molar-refractivity contribution in [3.63, 3.8) is 0 Å². The molecule has 3 nitrogen and oxygen atoms in total. The summed E-state index contributed by atoms with van der Waals surface area (Å²) in [6.45, 7) is 0. The van der Waals surface area contributed by atoms with Crippen LogP contribution in [0.15, 0.2) is 29.2 Å². The first-order chi connectivity index (χ1) is 7.55. The minimum atomic E-state index is -3.07. The van der Waals surface area contributed by atoms with Gasteiger partial charge in [0.05, 0.1) is 4.90 Å². The second-order valence-electron chi connectivity index (χ2n) is 4.42. The minimum Gasteiger partial charge on any atom is -0.382 e. The summed E-state index contributed by atoms with van der Waals surface area (Å²) in [4.78, 5) is 0.379. The van der Waals surface area contributed by atoms with Crippen molar-refractivity contribution in [2.24, 2.45) is 0 Å². The first-order valence-corrected chi connectivity index (χ1v) is 7.51. The van der Waals surface area contributed by atoms with Crippen LogP contribution in [0.1, 0.15) is 25.7 Å². The minimum absolute atomic E-state index is 0.379. The van der Waals surface area contributed by atoms with Gasteiger partial charge in [0.2, 0.25) is 0 Å². The molecule has 0 amide bonds. The van der Waals surface area contributed by atoms with Gasteiger partial charge in [0.1, 0.15) is 0 Å². The standard InChI is InChI=1S/C12H17NO2S/c1-16(14,15)12-8-6-11(7-9-12)13-10-4-2-3-5-10/h6-10,13H,2-5H2,1H3. The number of anilines is 1. The quantitative estimate of drug-likeness (QED) is 0.881. The van der Waals surface area contributed by atoms with E-state index in [1.165, 1.54) is 31.9 Å². The zero-order valence-electron chi connectivity index (χ0n) is 9.44. The SMILES string of the molecule is CS(=O)(=O)c1ccc(NC2CCCC2)cc1. The van der Waals surface area contributed by atoms with Crippen molar-refractivity contribution in [2.45, 2.75) is 36.6 Å². The van der Waals surface area contributed by atoms with Gasteiger partial charge in [-0.15, -0.1) is 0 Å². The third-order valence-corrected chi connectivity index (χ3v) is 4.14. The Morgan fingerprint density at radius 3 is 2.19 bits per heavy atom. The van der Waals surface area contributed by atoms with Gasteiger partial charge in [0.15, 0.2) is 9.84 Å². The first-order valence-electron chi connectivity index (χ1n) is 5.62. The summed E-state index contributed by atoms with van der Waals surface area (Å²) in [6.07, 6.45) is 6.24. The van der Waals surface area contributed by atoms with Crippen LogP contribution in [0.5, 0.6) is 0 Å².